The molecule has 7 heteroatoms. The van der Waals surface area contributed by atoms with Gasteiger partial charge in [-0.2, -0.15) is 0 Å². The molecule has 6 nitrogen and oxygen atoms in total. The number of nitrogens with zero attached hydrogens (tertiary/aromatic N) is 2. The minimum Gasteiger partial charge on any atom is -0.481 e. The molecule has 1 aromatic rings. The SMILES string of the molecule is CCN(CC(=O)Nc1nccs1)CC(C)C(=O)O. The fourth-order valence-corrected chi connectivity index (χ4v) is 1.96. The van der Waals surface area contributed by atoms with Gasteiger partial charge in [0.2, 0.25) is 5.91 Å². The fourth-order valence-electron chi connectivity index (χ4n) is 1.42. The second-order valence-corrected chi connectivity index (χ2v) is 4.85. The van der Waals surface area contributed by atoms with Gasteiger partial charge in [-0.3, -0.25) is 14.5 Å². The van der Waals surface area contributed by atoms with Crippen molar-refractivity contribution < 1.29 is 14.7 Å². The maximum atomic E-state index is 11.7. The molecule has 2 N–H and O–H groups in total. The molecule has 0 aliphatic carbocycles. The highest BCUT2D eigenvalue weighted by atomic mass is 32.1. The van der Waals surface area contributed by atoms with E-state index in [9.17, 15) is 9.59 Å². The van der Waals surface area contributed by atoms with Crippen molar-refractivity contribution in [3.63, 3.8) is 0 Å². The van der Waals surface area contributed by atoms with Crippen molar-refractivity contribution in [2.45, 2.75) is 13.8 Å². The van der Waals surface area contributed by atoms with Crippen molar-refractivity contribution in [1.82, 2.24) is 9.88 Å². The minimum atomic E-state index is -0.853. The number of hydrogen-bond acceptors (Lipinski definition) is 5. The third-order valence-corrected chi connectivity index (χ3v) is 3.14. The smallest absolute Gasteiger partial charge is 0.307 e. The van der Waals surface area contributed by atoms with Crippen LogP contribution in [0.1, 0.15) is 13.8 Å². The number of carboxylic acids is 1. The van der Waals surface area contributed by atoms with Crippen LogP contribution in [0.4, 0.5) is 5.13 Å². The third kappa shape index (κ3) is 4.80. The molecule has 1 heterocycles. The molecule has 0 saturated carbocycles. The van der Waals surface area contributed by atoms with Crippen LogP contribution in [-0.2, 0) is 9.59 Å². The summed E-state index contributed by atoms with van der Waals surface area (Å²) < 4.78 is 0. The van der Waals surface area contributed by atoms with Crippen LogP contribution >= 0.6 is 11.3 Å². The van der Waals surface area contributed by atoms with Crippen molar-refractivity contribution in [2.24, 2.45) is 5.92 Å². The monoisotopic (exact) mass is 271 g/mol. The molecule has 0 aliphatic rings. The number of carbonyl (C=O) groups excluding carboxylic acids is 1. The molecule has 1 rings (SSSR count). The van der Waals surface area contributed by atoms with Crippen molar-refractivity contribution in [2.75, 3.05) is 25.0 Å². The van der Waals surface area contributed by atoms with Crippen LogP contribution in [0.15, 0.2) is 11.6 Å². The number of hydrogen-bond donors (Lipinski definition) is 2. The molecule has 18 heavy (non-hydrogen) atoms. The zero-order valence-corrected chi connectivity index (χ0v) is 11.2. The lowest BCUT2D eigenvalue weighted by atomic mass is 10.1. The standard InChI is InChI=1S/C11H17N3O3S/c1-3-14(6-8(2)10(16)17)7-9(15)13-11-12-4-5-18-11/h4-5,8H,3,6-7H2,1-2H3,(H,16,17)(H,12,13,15). The summed E-state index contributed by atoms with van der Waals surface area (Å²) in [6, 6.07) is 0. The number of anilines is 1. The number of aromatic nitrogens is 1. The lowest BCUT2D eigenvalue weighted by Gasteiger charge is -2.21. The molecule has 0 radical (unpaired) electrons. The predicted molar refractivity (Wildman–Crippen MR) is 69.7 cm³/mol. The second kappa shape index (κ2) is 7.07. The molecule has 100 valence electrons. The zero-order valence-electron chi connectivity index (χ0n) is 10.4. The Morgan fingerprint density at radius 1 is 1.61 bits per heavy atom. The van der Waals surface area contributed by atoms with Gasteiger partial charge in [0.15, 0.2) is 5.13 Å². The average molecular weight is 271 g/mol. The van der Waals surface area contributed by atoms with Gasteiger partial charge in [-0.15, -0.1) is 11.3 Å². The number of carboxylic acid groups (broad SMARTS) is 1. The molecule has 0 spiro atoms. The first-order valence-corrected chi connectivity index (χ1v) is 6.55. The van der Waals surface area contributed by atoms with Crippen molar-refractivity contribution in [3.8, 4) is 0 Å². The van der Waals surface area contributed by atoms with E-state index < -0.39 is 11.9 Å². The van der Waals surface area contributed by atoms with E-state index in [1.807, 2.05) is 6.92 Å². The molecule has 1 unspecified atom stereocenters. The van der Waals surface area contributed by atoms with Crippen molar-refractivity contribution in [3.05, 3.63) is 11.6 Å². The van der Waals surface area contributed by atoms with Gasteiger partial charge in [0.25, 0.3) is 0 Å². The minimum absolute atomic E-state index is 0.174. The summed E-state index contributed by atoms with van der Waals surface area (Å²) >= 11 is 1.35. The van der Waals surface area contributed by atoms with E-state index in [-0.39, 0.29) is 12.5 Å². The van der Waals surface area contributed by atoms with Crippen LogP contribution in [0.25, 0.3) is 0 Å². The molecule has 1 atom stereocenters. The topological polar surface area (TPSA) is 82.5 Å². The van der Waals surface area contributed by atoms with Crippen LogP contribution in [0.3, 0.4) is 0 Å². The van der Waals surface area contributed by atoms with Gasteiger partial charge < -0.3 is 10.4 Å². The van der Waals surface area contributed by atoms with E-state index in [1.54, 1.807) is 23.4 Å². The van der Waals surface area contributed by atoms with Crippen molar-refractivity contribution >= 4 is 28.3 Å². The summed E-state index contributed by atoms with van der Waals surface area (Å²) in [5.74, 6) is -1.52. The summed E-state index contributed by atoms with van der Waals surface area (Å²) in [4.78, 5) is 28.2. The Morgan fingerprint density at radius 2 is 2.33 bits per heavy atom. The molecule has 0 aliphatic heterocycles. The first kappa shape index (κ1) is 14.6. The molecule has 0 bridgehead atoms. The number of aliphatic carboxylic acids is 1. The van der Waals surface area contributed by atoms with Crippen LogP contribution in [0.5, 0.6) is 0 Å². The molecular formula is C11H17N3O3S. The average Bonchev–Trinajstić information content (AvgIpc) is 2.80. The first-order valence-electron chi connectivity index (χ1n) is 5.67. The number of amides is 1. The van der Waals surface area contributed by atoms with Gasteiger partial charge in [-0.05, 0) is 6.54 Å². The Hall–Kier alpha value is -1.47. The molecule has 0 aromatic carbocycles. The molecule has 0 saturated heterocycles. The summed E-state index contributed by atoms with van der Waals surface area (Å²) in [6.45, 7) is 4.68. The number of carbonyl (C=O) groups is 2. The summed E-state index contributed by atoms with van der Waals surface area (Å²) in [6.07, 6.45) is 1.62. The van der Waals surface area contributed by atoms with Crippen LogP contribution < -0.4 is 5.32 Å². The summed E-state index contributed by atoms with van der Waals surface area (Å²) in [5.41, 5.74) is 0. The van der Waals surface area contributed by atoms with E-state index >= 15 is 0 Å². The van der Waals surface area contributed by atoms with Gasteiger partial charge in [0.1, 0.15) is 0 Å². The van der Waals surface area contributed by atoms with Crippen LogP contribution in [-0.4, -0.2) is 46.5 Å². The highest BCUT2D eigenvalue weighted by Gasteiger charge is 2.17. The normalized spacial score (nSPS) is 12.4. The van der Waals surface area contributed by atoms with E-state index in [4.69, 9.17) is 5.11 Å². The first-order chi connectivity index (χ1) is 8.52. The lowest BCUT2D eigenvalue weighted by Crippen LogP contribution is -2.37. The van der Waals surface area contributed by atoms with E-state index in [1.165, 1.54) is 11.3 Å². The van der Waals surface area contributed by atoms with Gasteiger partial charge in [-0.1, -0.05) is 13.8 Å². The van der Waals surface area contributed by atoms with Crippen molar-refractivity contribution in [1.29, 1.82) is 0 Å². The zero-order chi connectivity index (χ0) is 13.5. The largest absolute Gasteiger partial charge is 0.481 e. The molecule has 1 amide bonds. The van der Waals surface area contributed by atoms with Crippen LogP contribution in [0.2, 0.25) is 0 Å². The number of thiazole rings is 1. The Bertz CT molecular complexity index is 394. The van der Waals surface area contributed by atoms with E-state index in [2.05, 4.69) is 10.3 Å². The van der Waals surface area contributed by atoms with Gasteiger partial charge in [0.05, 0.1) is 12.5 Å². The Balaban J connectivity index is 2.42. The summed E-state index contributed by atoms with van der Waals surface area (Å²) in [5, 5.41) is 13.8. The number of rotatable bonds is 7. The third-order valence-electron chi connectivity index (χ3n) is 2.45. The molecule has 0 fully saturated rings. The van der Waals surface area contributed by atoms with Crippen LogP contribution in [0, 0.1) is 5.92 Å². The van der Waals surface area contributed by atoms with E-state index in [0.29, 0.717) is 18.2 Å². The summed E-state index contributed by atoms with van der Waals surface area (Å²) in [7, 11) is 0. The Labute approximate surface area is 110 Å². The van der Waals surface area contributed by atoms with Gasteiger partial charge >= 0.3 is 5.97 Å². The molecule has 1 aromatic heterocycles. The van der Waals surface area contributed by atoms with Gasteiger partial charge in [-0.25, -0.2) is 4.98 Å². The number of nitrogens with one attached hydrogen (secondary N) is 1. The van der Waals surface area contributed by atoms with E-state index in [0.717, 1.165) is 0 Å². The van der Waals surface area contributed by atoms with Gasteiger partial charge in [0, 0.05) is 18.1 Å². The number of likely N-dealkylation sites (N-methyl/N-ethyl adjacent to an activating group) is 1. The maximum absolute atomic E-state index is 11.7. The molecular weight excluding hydrogens is 254 g/mol. The maximum Gasteiger partial charge on any atom is 0.307 e. The highest BCUT2D eigenvalue weighted by Crippen LogP contribution is 2.10. The second-order valence-electron chi connectivity index (χ2n) is 3.95. The predicted octanol–water partition coefficient (Wildman–Crippen LogP) is 1.12. The lowest BCUT2D eigenvalue weighted by molar-refractivity contribution is -0.142. The fraction of sp³-hybridized carbons (Fsp3) is 0.545. The quantitative estimate of drug-likeness (QED) is 0.776. The Kier molecular flexibility index (Phi) is 5.73. The highest BCUT2D eigenvalue weighted by molar-refractivity contribution is 7.13. The Morgan fingerprint density at radius 3 is 2.83 bits per heavy atom.